The van der Waals surface area contributed by atoms with E-state index in [-0.39, 0.29) is 28.2 Å². The van der Waals surface area contributed by atoms with Gasteiger partial charge in [0, 0.05) is 28.6 Å². The van der Waals surface area contributed by atoms with Crippen molar-refractivity contribution >= 4 is 17.3 Å². The third kappa shape index (κ3) is 2.20. The van der Waals surface area contributed by atoms with Crippen LogP contribution in [0.3, 0.4) is 0 Å². The lowest BCUT2D eigenvalue weighted by molar-refractivity contribution is -0.385. The molecule has 1 aromatic carbocycles. The van der Waals surface area contributed by atoms with Gasteiger partial charge in [0.2, 0.25) is 0 Å². The van der Waals surface area contributed by atoms with Crippen molar-refractivity contribution in [3.05, 3.63) is 38.9 Å². The van der Waals surface area contributed by atoms with Gasteiger partial charge in [-0.25, -0.2) is 0 Å². The molecule has 2 N–H and O–H groups in total. The second kappa shape index (κ2) is 4.98. The quantitative estimate of drug-likeness (QED) is 0.684. The zero-order valence-electron chi connectivity index (χ0n) is 11.0. The minimum Gasteiger partial charge on any atom is -0.374 e. The maximum atomic E-state index is 11.2. The van der Waals surface area contributed by atoms with Gasteiger partial charge in [0.1, 0.15) is 0 Å². The van der Waals surface area contributed by atoms with Crippen molar-refractivity contribution in [2.45, 2.75) is 37.9 Å². The summed E-state index contributed by atoms with van der Waals surface area (Å²) in [6, 6.07) is 4.70. The van der Waals surface area contributed by atoms with Crippen LogP contribution in [0.25, 0.3) is 0 Å². The molecule has 0 aliphatic carbocycles. The summed E-state index contributed by atoms with van der Waals surface area (Å²) in [5.74, 6) is 0. The van der Waals surface area contributed by atoms with Gasteiger partial charge in [-0.1, -0.05) is 11.6 Å². The summed E-state index contributed by atoms with van der Waals surface area (Å²) in [5.41, 5.74) is 6.57. The number of nitrogens with zero attached hydrogens (tertiary/aromatic N) is 1. The fraction of sp³-hybridized carbons (Fsp3) is 0.571. The highest BCUT2D eigenvalue weighted by Gasteiger charge is 2.51. The maximum Gasteiger partial charge on any atom is 0.272 e. The molecule has 1 aromatic rings. The van der Waals surface area contributed by atoms with Gasteiger partial charge in [-0.05, 0) is 37.8 Å². The summed E-state index contributed by atoms with van der Waals surface area (Å²) in [6.07, 6.45) is 3.90. The molecule has 5 nitrogen and oxygen atoms in total. The molecule has 0 radical (unpaired) electrons. The van der Waals surface area contributed by atoms with E-state index < -0.39 is 0 Å². The van der Waals surface area contributed by atoms with Crippen molar-refractivity contribution in [3.8, 4) is 0 Å². The van der Waals surface area contributed by atoms with Crippen LogP contribution in [0.2, 0.25) is 5.02 Å². The second-order valence-corrected chi connectivity index (χ2v) is 6.24. The molecule has 6 heteroatoms. The fourth-order valence-corrected chi connectivity index (χ4v) is 3.81. The van der Waals surface area contributed by atoms with Crippen molar-refractivity contribution in [1.82, 2.24) is 0 Å². The Kier molecular flexibility index (Phi) is 3.44. The number of halogens is 1. The van der Waals surface area contributed by atoms with E-state index in [0.717, 1.165) is 19.3 Å². The topological polar surface area (TPSA) is 78.4 Å². The summed E-state index contributed by atoms with van der Waals surface area (Å²) < 4.78 is 5.90. The van der Waals surface area contributed by atoms with Gasteiger partial charge in [-0.2, -0.15) is 0 Å². The summed E-state index contributed by atoms with van der Waals surface area (Å²) >= 11 is 5.99. The molecule has 2 bridgehead atoms. The number of nitro groups is 1. The van der Waals surface area contributed by atoms with Crippen LogP contribution in [0.15, 0.2) is 18.2 Å². The van der Waals surface area contributed by atoms with Gasteiger partial charge in [0.25, 0.3) is 5.69 Å². The number of rotatable bonds is 4. The first-order chi connectivity index (χ1) is 9.54. The summed E-state index contributed by atoms with van der Waals surface area (Å²) in [4.78, 5) is 10.8. The van der Waals surface area contributed by atoms with Crippen molar-refractivity contribution < 1.29 is 9.66 Å². The van der Waals surface area contributed by atoms with Crippen LogP contribution in [0.1, 0.15) is 24.8 Å². The normalized spacial score (nSPS) is 31.7. The summed E-state index contributed by atoms with van der Waals surface area (Å²) in [5, 5.41) is 11.7. The highest BCUT2D eigenvalue weighted by Crippen LogP contribution is 2.49. The second-order valence-electron chi connectivity index (χ2n) is 5.80. The van der Waals surface area contributed by atoms with Crippen LogP contribution in [-0.4, -0.2) is 23.7 Å². The molecule has 2 saturated heterocycles. The lowest BCUT2D eigenvalue weighted by Crippen LogP contribution is -2.41. The van der Waals surface area contributed by atoms with Crippen molar-refractivity contribution in [1.29, 1.82) is 0 Å². The SMILES string of the molecule is NCC1(Cc2cc(Cl)ccc2[N+](=O)[O-])CC2CCC1O2. The van der Waals surface area contributed by atoms with Gasteiger partial charge in [-0.3, -0.25) is 10.1 Å². The summed E-state index contributed by atoms with van der Waals surface area (Å²) in [7, 11) is 0. The van der Waals surface area contributed by atoms with Gasteiger partial charge in [-0.15, -0.1) is 0 Å². The Labute approximate surface area is 122 Å². The zero-order chi connectivity index (χ0) is 14.3. The molecule has 0 amide bonds. The third-order valence-corrected chi connectivity index (χ3v) is 4.85. The number of hydrogen-bond donors (Lipinski definition) is 1. The minimum absolute atomic E-state index is 0.116. The van der Waals surface area contributed by atoms with E-state index in [0.29, 0.717) is 23.6 Å². The molecular formula is C14H17ClN2O3. The number of fused-ring (bicyclic) bond motifs is 2. The predicted molar refractivity (Wildman–Crippen MR) is 75.8 cm³/mol. The van der Waals surface area contributed by atoms with Crippen LogP contribution >= 0.6 is 11.6 Å². The average molecular weight is 297 g/mol. The maximum absolute atomic E-state index is 11.2. The molecule has 108 valence electrons. The Bertz CT molecular complexity index is 551. The largest absolute Gasteiger partial charge is 0.374 e. The molecule has 20 heavy (non-hydrogen) atoms. The van der Waals surface area contributed by atoms with E-state index >= 15 is 0 Å². The lowest BCUT2D eigenvalue weighted by atomic mass is 9.70. The van der Waals surface area contributed by atoms with E-state index in [9.17, 15) is 10.1 Å². The van der Waals surface area contributed by atoms with E-state index in [1.54, 1.807) is 12.1 Å². The van der Waals surface area contributed by atoms with Gasteiger partial charge in [0.15, 0.2) is 0 Å². The molecule has 3 rings (SSSR count). The molecule has 2 fully saturated rings. The minimum atomic E-state index is -0.357. The average Bonchev–Trinajstić information content (AvgIpc) is 2.99. The third-order valence-electron chi connectivity index (χ3n) is 4.61. The first-order valence-electron chi connectivity index (χ1n) is 6.82. The molecule has 0 spiro atoms. The monoisotopic (exact) mass is 296 g/mol. The predicted octanol–water partition coefficient (Wildman–Crippen LogP) is 2.69. The van der Waals surface area contributed by atoms with Crippen LogP contribution in [-0.2, 0) is 11.2 Å². The first kappa shape index (κ1) is 13.8. The molecule has 0 aromatic heterocycles. The van der Waals surface area contributed by atoms with E-state index in [1.165, 1.54) is 6.07 Å². The number of nitro benzene ring substituents is 1. The van der Waals surface area contributed by atoms with E-state index in [4.69, 9.17) is 22.1 Å². The van der Waals surface area contributed by atoms with Crippen LogP contribution in [0.5, 0.6) is 0 Å². The zero-order valence-corrected chi connectivity index (χ0v) is 11.8. The lowest BCUT2D eigenvalue weighted by Gasteiger charge is -2.34. The Morgan fingerprint density at radius 3 is 2.85 bits per heavy atom. The molecule has 2 aliphatic heterocycles. The number of ether oxygens (including phenoxy) is 1. The van der Waals surface area contributed by atoms with Gasteiger partial charge in [0.05, 0.1) is 17.1 Å². The molecule has 2 aliphatic rings. The Balaban J connectivity index is 1.94. The first-order valence-corrected chi connectivity index (χ1v) is 7.20. The number of hydrogen-bond acceptors (Lipinski definition) is 4. The van der Waals surface area contributed by atoms with E-state index in [1.807, 2.05) is 0 Å². The van der Waals surface area contributed by atoms with Crippen LogP contribution < -0.4 is 5.73 Å². The fourth-order valence-electron chi connectivity index (χ4n) is 3.62. The van der Waals surface area contributed by atoms with Crippen LogP contribution in [0, 0.1) is 15.5 Å². The Hall–Kier alpha value is -1.17. The van der Waals surface area contributed by atoms with Crippen molar-refractivity contribution in [2.24, 2.45) is 11.1 Å². The van der Waals surface area contributed by atoms with E-state index in [2.05, 4.69) is 0 Å². The number of nitrogens with two attached hydrogens (primary N) is 1. The highest BCUT2D eigenvalue weighted by atomic mass is 35.5. The van der Waals surface area contributed by atoms with Crippen molar-refractivity contribution in [2.75, 3.05) is 6.54 Å². The van der Waals surface area contributed by atoms with Gasteiger partial charge >= 0.3 is 0 Å². The molecule has 3 atom stereocenters. The highest BCUT2D eigenvalue weighted by molar-refractivity contribution is 6.30. The molecule has 0 saturated carbocycles. The smallest absolute Gasteiger partial charge is 0.272 e. The summed E-state index contributed by atoms with van der Waals surface area (Å²) in [6.45, 7) is 0.484. The molecular weight excluding hydrogens is 280 g/mol. The van der Waals surface area contributed by atoms with Crippen LogP contribution in [0.4, 0.5) is 5.69 Å². The number of benzene rings is 1. The molecule has 3 unspecified atom stereocenters. The molecule has 2 heterocycles. The van der Waals surface area contributed by atoms with Gasteiger partial charge < -0.3 is 10.5 Å². The Morgan fingerprint density at radius 2 is 2.30 bits per heavy atom. The Morgan fingerprint density at radius 1 is 1.50 bits per heavy atom. The van der Waals surface area contributed by atoms with Crippen molar-refractivity contribution in [3.63, 3.8) is 0 Å². The standard InChI is InChI=1S/C14H17ClN2O3/c15-10-1-3-12(17(18)19)9(5-10)6-14(8-16)7-11-2-4-13(14)20-11/h1,3,5,11,13H,2,4,6-8,16H2.